The molecule has 0 saturated carbocycles. The van der Waals surface area contributed by atoms with Crippen LogP contribution in [-0.2, 0) is 14.8 Å². The third-order valence-corrected chi connectivity index (χ3v) is 5.85. The molecule has 0 amide bonds. The van der Waals surface area contributed by atoms with Gasteiger partial charge in [0.15, 0.2) is 5.75 Å². The first-order chi connectivity index (χ1) is 13.3. The summed E-state index contributed by atoms with van der Waals surface area (Å²) in [6, 6.07) is 8.95. The molecule has 1 aliphatic heterocycles. The lowest BCUT2D eigenvalue weighted by atomic mass is 10.1. The van der Waals surface area contributed by atoms with E-state index in [1.165, 1.54) is 19.2 Å². The number of nitrogens with one attached hydrogen (secondary N) is 1. The number of benzene rings is 2. The number of nitro benzene ring substituents is 1. The molecule has 9 nitrogen and oxygen atoms in total. The van der Waals surface area contributed by atoms with E-state index in [-0.39, 0.29) is 10.6 Å². The molecule has 1 N–H and O–H groups in total. The Morgan fingerprint density at radius 3 is 2.50 bits per heavy atom. The van der Waals surface area contributed by atoms with Crippen LogP contribution in [0.5, 0.6) is 5.75 Å². The van der Waals surface area contributed by atoms with Gasteiger partial charge in [0, 0.05) is 24.8 Å². The van der Waals surface area contributed by atoms with Gasteiger partial charge in [-0.05, 0) is 42.8 Å². The summed E-state index contributed by atoms with van der Waals surface area (Å²) in [5, 5.41) is 11.2. The van der Waals surface area contributed by atoms with Crippen molar-refractivity contribution in [1.82, 2.24) is 0 Å². The van der Waals surface area contributed by atoms with E-state index in [0.717, 1.165) is 30.4 Å². The number of sulfonamides is 1. The second kappa shape index (κ2) is 8.03. The monoisotopic (exact) mass is 407 g/mol. The number of aryl methyl sites for hydroxylation is 1. The van der Waals surface area contributed by atoms with Gasteiger partial charge >= 0.3 is 5.69 Å². The molecule has 3 rings (SSSR count). The highest BCUT2D eigenvalue weighted by molar-refractivity contribution is 7.92. The van der Waals surface area contributed by atoms with Crippen molar-refractivity contribution in [2.75, 3.05) is 43.0 Å². The Labute approximate surface area is 163 Å². The van der Waals surface area contributed by atoms with Crippen molar-refractivity contribution in [1.29, 1.82) is 0 Å². The molecule has 0 aromatic heterocycles. The van der Waals surface area contributed by atoms with Crippen LogP contribution in [0.4, 0.5) is 17.1 Å². The fraction of sp³-hybridized carbons (Fsp3) is 0.333. The molecule has 0 aliphatic carbocycles. The van der Waals surface area contributed by atoms with Crippen LogP contribution in [0.15, 0.2) is 41.3 Å². The maximum atomic E-state index is 12.7. The number of nitrogens with zero attached hydrogens (tertiary/aromatic N) is 2. The summed E-state index contributed by atoms with van der Waals surface area (Å²) in [7, 11) is -2.71. The minimum absolute atomic E-state index is 0.00463. The van der Waals surface area contributed by atoms with Gasteiger partial charge in [-0.25, -0.2) is 8.42 Å². The molecule has 1 aliphatic rings. The molecule has 1 saturated heterocycles. The van der Waals surface area contributed by atoms with Crippen LogP contribution in [0.25, 0.3) is 0 Å². The Kier molecular flexibility index (Phi) is 5.71. The lowest BCUT2D eigenvalue weighted by molar-refractivity contribution is -0.386. The molecular weight excluding hydrogens is 386 g/mol. The van der Waals surface area contributed by atoms with Crippen LogP contribution >= 0.6 is 0 Å². The van der Waals surface area contributed by atoms with Crippen molar-refractivity contribution in [2.24, 2.45) is 0 Å². The summed E-state index contributed by atoms with van der Waals surface area (Å²) in [6.45, 7) is 4.67. The standard InChI is InChI=1S/C18H21N3O6S/c1-13-11-14(20-7-9-27-10-8-20)3-5-16(13)19-28(24,25)15-4-6-18(26-2)17(12-15)21(22)23/h3-6,11-12,19H,7-10H2,1-2H3. The number of hydrogen-bond donors (Lipinski definition) is 1. The average Bonchev–Trinajstić information content (AvgIpc) is 2.69. The highest BCUT2D eigenvalue weighted by Gasteiger charge is 2.23. The molecule has 1 heterocycles. The van der Waals surface area contributed by atoms with Gasteiger partial charge in [-0.1, -0.05) is 0 Å². The Bertz CT molecular complexity index is 987. The van der Waals surface area contributed by atoms with Crippen molar-refractivity contribution in [3.05, 3.63) is 52.1 Å². The van der Waals surface area contributed by atoms with Crippen LogP contribution in [0.2, 0.25) is 0 Å². The molecule has 2 aromatic carbocycles. The zero-order valence-corrected chi connectivity index (χ0v) is 16.4. The molecule has 0 radical (unpaired) electrons. The Morgan fingerprint density at radius 1 is 1.18 bits per heavy atom. The predicted molar refractivity (Wildman–Crippen MR) is 105 cm³/mol. The molecule has 1 fully saturated rings. The number of hydrogen-bond acceptors (Lipinski definition) is 7. The first kappa shape index (κ1) is 19.9. The smallest absolute Gasteiger partial charge is 0.312 e. The van der Waals surface area contributed by atoms with E-state index in [2.05, 4.69) is 9.62 Å². The largest absolute Gasteiger partial charge is 0.490 e. The summed E-state index contributed by atoms with van der Waals surface area (Å²) in [5.41, 5.74) is 1.74. The minimum atomic E-state index is -4.00. The number of anilines is 2. The Morgan fingerprint density at radius 2 is 1.89 bits per heavy atom. The Balaban J connectivity index is 1.86. The van der Waals surface area contributed by atoms with Gasteiger partial charge in [0.05, 0.1) is 35.8 Å². The van der Waals surface area contributed by atoms with E-state index in [9.17, 15) is 18.5 Å². The number of rotatable bonds is 6. The van der Waals surface area contributed by atoms with E-state index in [1.54, 1.807) is 13.0 Å². The third kappa shape index (κ3) is 4.18. The van der Waals surface area contributed by atoms with E-state index in [0.29, 0.717) is 18.9 Å². The first-order valence-electron chi connectivity index (χ1n) is 8.60. The van der Waals surface area contributed by atoms with Gasteiger partial charge in [0.1, 0.15) is 0 Å². The number of morpholine rings is 1. The molecule has 150 valence electrons. The van der Waals surface area contributed by atoms with E-state index < -0.39 is 20.6 Å². The van der Waals surface area contributed by atoms with Gasteiger partial charge in [-0.2, -0.15) is 0 Å². The number of nitro groups is 1. The molecule has 0 spiro atoms. The van der Waals surface area contributed by atoms with E-state index >= 15 is 0 Å². The SMILES string of the molecule is COc1ccc(S(=O)(=O)Nc2ccc(N3CCOCC3)cc2C)cc1[N+](=O)[O-]. The fourth-order valence-corrected chi connectivity index (χ4v) is 4.11. The second-order valence-electron chi connectivity index (χ2n) is 6.29. The van der Waals surface area contributed by atoms with Gasteiger partial charge in [0.2, 0.25) is 0 Å². The van der Waals surface area contributed by atoms with Crippen molar-refractivity contribution in [3.8, 4) is 5.75 Å². The van der Waals surface area contributed by atoms with Crippen molar-refractivity contribution in [2.45, 2.75) is 11.8 Å². The van der Waals surface area contributed by atoms with Crippen molar-refractivity contribution < 1.29 is 22.8 Å². The van der Waals surface area contributed by atoms with Crippen LogP contribution in [-0.4, -0.2) is 46.8 Å². The van der Waals surface area contributed by atoms with Crippen molar-refractivity contribution >= 4 is 27.1 Å². The second-order valence-corrected chi connectivity index (χ2v) is 7.98. The highest BCUT2D eigenvalue weighted by Crippen LogP contribution is 2.31. The normalized spacial score (nSPS) is 14.6. The number of methoxy groups -OCH3 is 1. The zero-order valence-electron chi connectivity index (χ0n) is 15.5. The molecule has 0 atom stereocenters. The zero-order chi connectivity index (χ0) is 20.3. The van der Waals surface area contributed by atoms with Gasteiger partial charge < -0.3 is 14.4 Å². The summed E-state index contributed by atoms with van der Waals surface area (Å²) in [5.74, 6) is -0.00463. The topological polar surface area (TPSA) is 111 Å². The van der Waals surface area contributed by atoms with Crippen LogP contribution in [0.1, 0.15) is 5.56 Å². The average molecular weight is 407 g/mol. The molecular formula is C18H21N3O6S. The predicted octanol–water partition coefficient (Wildman–Crippen LogP) is 2.55. The molecule has 28 heavy (non-hydrogen) atoms. The fourth-order valence-electron chi connectivity index (χ4n) is 2.96. The summed E-state index contributed by atoms with van der Waals surface area (Å²) < 4.78 is 38.2. The lowest BCUT2D eigenvalue weighted by Gasteiger charge is -2.29. The lowest BCUT2D eigenvalue weighted by Crippen LogP contribution is -2.36. The van der Waals surface area contributed by atoms with E-state index in [1.807, 2.05) is 12.1 Å². The van der Waals surface area contributed by atoms with Crippen molar-refractivity contribution in [3.63, 3.8) is 0 Å². The van der Waals surface area contributed by atoms with Gasteiger partial charge in [-0.3, -0.25) is 14.8 Å². The van der Waals surface area contributed by atoms with Crippen LogP contribution in [0.3, 0.4) is 0 Å². The molecule has 10 heteroatoms. The first-order valence-corrected chi connectivity index (χ1v) is 10.1. The van der Waals surface area contributed by atoms with Gasteiger partial charge in [-0.15, -0.1) is 0 Å². The van der Waals surface area contributed by atoms with Crippen LogP contribution < -0.4 is 14.4 Å². The minimum Gasteiger partial charge on any atom is -0.490 e. The summed E-state index contributed by atoms with van der Waals surface area (Å²) in [4.78, 5) is 12.4. The Hall–Kier alpha value is -2.85. The molecule has 0 bridgehead atoms. The van der Waals surface area contributed by atoms with E-state index in [4.69, 9.17) is 9.47 Å². The summed E-state index contributed by atoms with van der Waals surface area (Å²) in [6.07, 6.45) is 0. The highest BCUT2D eigenvalue weighted by atomic mass is 32.2. The number of ether oxygens (including phenoxy) is 2. The quantitative estimate of drug-likeness (QED) is 0.579. The third-order valence-electron chi connectivity index (χ3n) is 4.49. The van der Waals surface area contributed by atoms with Gasteiger partial charge in [0.25, 0.3) is 10.0 Å². The van der Waals surface area contributed by atoms with Crippen LogP contribution in [0, 0.1) is 17.0 Å². The molecule has 2 aromatic rings. The molecule has 0 unspecified atom stereocenters. The maximum Gasteiger partial charge on any atom is 0.312 e. The summed E-state index contributed by atoms with van der Waals surface area (Å²) >= 11 is 0. The maximum absolute atomic E-state index is 12.7.